The first-order chi connectivity index (χ1) is 6.97. The number of Topliss-reactive ketones (excluding diaryl/α,β-unsaturated/α-hetero) is 1. The van der Waals surface area contributed by atoms with Crippen molar-refractivity contribution in [1.82, 2.24) is 0 Å². The molecule has 4 heteroatoms. The topological polar surface area (TPSA) is 63.3 Å². The SMILES string of the molecule is CCc1cc(Cl)c(O)c(C(=O)C(C)N)c1. The van der Waals surface area contributed by atoms with Gasteiger partial charge in [0.2, 0.25) is 0 Å². The van der Waals surface area contributed by atoms with Gasteiger partial charge in [0.05, 0.1) is 16.6 Å². The third kappa shape index (κ3) is 2.49. The van der Waals surface area contributed by atoms with Gasteiger partial charge in [-0.2, -0.15) is 0 Å². The van der Waals surface area contributed by atoms with Crippen LogP contribution in [0.15, 0.2) is 12.1 Å². The van der Waals surface area contributed by atoms with Crippen molar-refractivity contribution in [2.75, 3.05) is 0 Å². The third-order valence-electron chi connectivity index (χ3n) is 2.21. The molecular weight excluding hydrogens is 214 g/mol. The zero-order chi connectivity index (χ0) is 11.6. The maximum absolute atomic E-state index is 11.6. The molecule has 0 radical (unpaired) electrons. The fourth-order valence-electron chi connectivity index (χ4n) is 1.29. The van der Waals surface area contributed by atoms with Gasteiger partial charge in [0.15, 0.2) is 5.78 Å². The maximum atomic E-state index is 11.6. The molecule has 0 bridgehead atoms. The van der Waals surface area contributed by atoms with Gasteiger partial charge in [-0.15, -0.1) is 0 Å². The smallest absolute Gasteiger partial charge is 0.183 e. The summed E-state index contributed by atoms with van der Waals surface area (Å²) in [5.74, 6) is -0.485. The molecule has 15 heavy (non-hydrogen) atoms. The minimum absolute atomic E-state index is 0.184. The lowest BCUT2D eigenvalue weighted by atomic mass is 10.0. The van der Waals surface area contributed by atoms with E-state index in [2.05, 4.69) is 0 Å². The number of rotatable bonds is 3. The number of nitrogens with two attached hydrogens (primary N) is 1. The number of phenolic OH excluding ortho intramolecular Hbond substituents is 1. The lowest BCUT2D eigenvalue weighted by Crippen LogP contribution is -2.26. The van der Waals surface area contributed by atoms with Gasteiger partial charge in [0.25, 0.3) is 0 Å². The van der Waals surface area contributed by atoms with Crippen LogP contribution in [0.2, 0.25) is 5.02 Å². The number of carbonyl (C=O) groups is 1. The van der Waals surface area contributed by atoms with Crippen LogP contribution in [0, 0.1) is 0 Å². The molecule has 0 saturated heterocycles. The van der Waals surface area contributed by atoms with Crippen LogP contribution in [0.25, 0.3) is 0 Å². The van der Waals surface area contributed by atoms with Gasteiger partial charge in [0.1, 0.15) is 5.75 Å². The minimum Gasteiger partial charge on any atom is -0.506 e. The monoisotopic (exact) mass is 227 g/mol. The molecule has 0 heterocycles. The number of ketones is 1. The lowest BCUT2D eigenvalue weighted by molar-refractivity contribution is 0.0965. The van der Waals surface area contributed by atoms with Crippen LogP contribution < -0.4 is 5.73 Å². The molecule has 3 N–H and O–H groups in total. The summed E-state index contributed by atoms with van der Waals surface area (Å²) in [6, 6.07) is 2.64. The number of hydrogen-bond acceptors (Lipinski definition) is 3. The molecule has 0 aliphatic carbocycles. The molecule has 1 aromatic carbocycles. The van der Waals surface area contributed by atoms with E-state index in [0.29, 0.717) is 0 Å². The summed E-state index contributed by atoms with van der Waals surface area (Å²) in [6.45, 7) is 3.52. The number of aromatic hydroxyl groups is 1. The molecule has 82 valence electrons. The lowest BCUT2D eigenvalue weighted by Gasteiger charge is -2.09. The van der Waals surface area contributed by atoms with Gasteiger partial charge >= 0.3 is 0 Å². The number of halogens is 1. The summed E-state index contributed by atoms with van der Waals surface area (Å²) in [5, 5.41) is 9.82. The predicted molar refractivity (Wildman–Crippen MR) is 60.5 cm³/mol. The van der Waals surface area contributed by atoms with Gasteiger partial charge < -0.3 is 10.8 Å². The van der Waals surface area contributed by atoms with E-state index in [0.717, 1.165) is 12.0 Å². The molecule has 0 fully saturated rings. The Morgan fingerprint density at radius 2 is 2.20 bits per heavy atom. The molecular formula is C11H14ClNO2. The van der Waals surface area contributed by atoms with Crippen molar-refractivity contribution in [3.05, 3.63) is 28.3 Å². The first kappa shape index (κ1) is 12.0. The van der Waals surface area contributed by atoms with Crippen molar-refractivity contribution in [1.29, 1.82) is 0 Å². The summed E-state index contributed by atoms with van der Waals surface area (Å²) in [4.78, 5) is 11.6. The van der Waals surface area contributed by atoms with Crippen molar-refractivity contribution in [2.45, 2.75) is 26.3 Å². The van der Waals surface area contributed by atoms with Gasteiger partial charge in [-0.3, -0.25) is 4.79 Å². The Hall–Kier alpha value is -1.06. The highest BCUT2D eigenvalue weighted by molar-refractivity contribution is 6.32. The first-order valence-electron chi connectivity index (χ1n) is 4.78. The second-order valence-electron chi connectivity index (χ2n) is 3.48. The van der Waals surface area contributed by atoms with Gasteiger partial charge in [-0.1, -0.05) is 18.5 Å². The van der Waals surface area contributed by atoms with Crippen LogP contribution in [0.4, 0.5) is 0 Å². The molecule has 1 atom stereocenters. The molecule has 0 spiro atoms. The van der Waals surface area contributed by atoms with E-state index in [-0.39, 0.29) is 22.1 Å². The van der Waals surface area contributed by atoms with Crippen LogP contribution in [-0.2, 0) is 6.42 Å². The summed E-state index contributed by atoms with van der Waals surface area (Å²) < 4.78 is 0. The van der Waals surface area contributed by atoms with E-state index in [1.807, 2.05) is 6.92 Å². The zero-order valence-electron chi connectivity index (χ0n) is 8.75. The van der Waals surface area contributed by atoms with Gasteiger partial charge in [-0.05, 0) is 31.0 Å². The minimum atomic E-state index is -0.640. The molecule has 1 aromatic rings. The Morgan fingerprint density at radius 1 is 1.60 bits per heavy atom. The first-order valence-corrected chi connectivity index (χ1v) is 5.16. The maximum Gasteiger partial charge on any atom is 0.183 e. The number of phenols is 1. The summed E-state index contributed by atoms with van der Waals surface area (Å²) in [7, 11) is 0. The average Bonchev–Trinajstić information content (AvgIpc) is 2.20. The molecule has 1 rings (SSSR count). The molecule has 0 saturated carbocycles. The Morgan fingerprint density at radius 3 is 2.67 bits per heavy atom. The summed E-state index contributed by atoms with van der Waals surface area (Å²) in [6.07, 6.45) is 0.749. The van der Waals surface area contributed by atoms with Crippen LogP contribution in [0.3, 0.4) is 0 Å². The van der Waals surface area contributed by atoms with E-state index in [4.69, 9.17) is 17.3 Å². The second kappa shape index (κ2) is 4.64. The van der Waals surface area contributed by atoms with Crippen molar-refractivity contribution in [2.24, 2.45) is 5.73 Å². The van der Waals surface area contributed by atoms with E-state index in [1.165, 1.54) is 0 Å². The van der Waals surface area contributed by atoms with Crippen molar-refractivity contribution < 1.29 is 9.90 Å². The van der Waals surface area contributed by atoms with Crippen LogP contribution in [0.5, 0.6) is 5.75 Å². The van der Waals surface area contributed by atoms with Crippen LogP contribution >= 0.6 is 11.6 Å². The molecule has 0 aromatic heterocycles. The van der Waals surface area contributed by atoms with Gasteiger partial charge in [0, 0.05) is 0 Å². The van der Waals surface area contributed by atoms with Gasteiger partial charge in [-0.25, -0.2) is 0 Å². The van der Waals surface area contributed by atoms with E-state index >= 15 is 0 Å². The van der Waals surface area contributed by atoms with Crippen molar-refractivity contribution in [3.63, 3.8) is 0 Å². The number of aryl methyl sites for hydroxylation is 1. The van der Waals surface area contributed by atoms with E-state index in [1.54, 1.807) is 19.1 Å². The van der Waals surface area contributed by atoms with Crippen LogP contribution in [0.1, 0.15) is 29.8 Å². The van der Waals surface area contributed by atoms with Crippen molar-refractivity contribution in [3.8, 4) is 5.75 Å². The van der Waals surface area contributed by atoms with Crippen molar-refractivity contribution >= 4 is 17.4 Å². The Kier molecular flexibility index (Phi) is 3.72. The van der Waals surface area contributed by atoms with Crippen LogP contribution in [-0.4, -0.2) is 16.9 Å². The molecule has 1 unspecified atom stereocenters. The highest BCUT2D eigenvalue weighted by atomic mass is 35.5. The molecule has 0 amide bonds. The Labute approximate surface area is 93.9 Å². The number of carbonyl (C=O) groups excluding carboxylic acids is 1. The molecule has 0 aliphatic heterocycles. The third-order valence-corrected chi connectivity index (χ3v) is 2.50. The average molecular weight is 228 g/mol. The van der Waals surface area contributed by atoms with E-state index in [9.17, 15) is 9.90 Å². The fourth-order valence-corrected chi connectivity index (χ4v) is 1.53. The number of hydrogen-bond donors (Lipinski definition) is 2. The van der Waals surface area contributed by atoms with E-state index < -0.39 is 6.04 Å². The highest BCUT2D eigenvalue weighted by Crippen LogP contribution is 2.30. The predicted octanol–water partition coefficient (Wildman–Crippen LogP) is 2.14. The highest BCUT2D eigenvalue weighted by Gasteiger charge is 2.17. The normalized spacial score (nSPS) is 12.5. The Balaban J connectivity index is 3.27. The standard InChI is InChI=1S/C11H14ClNO2/c1-3-7-4-8(10(14)6(2)13)11(15)9(12)5-7/h4-6,15H,3,13H2,1-2H3. The molecule has 3 nitrogen and oxygen atoms in total. The zero-order valence-corrected chi connectivity index (χ0v) is 9.51. The Bertz CT molecular complexity index is 388. The fraction of sp³-hybridized carbons (Fsp3) is 0.364. The summed E-state index contributed by atoms with van der Waals surface area (Å²) in [5.41, 5.74) is 6.58. The number of benzene rings is 1. The largest absolute Gasteiger partial charge is 0.506 e. The summed E-state index contributed by atoms with van der Waals surface area (Å²) >= 11 is 5.80. The second-order valence-corrected chi connectivity index (χ2v) is 3.89. The quantitative estimate of drug-likeness (QED) is 0.778. The molecule has 0 aliphatic rings.